The van der Waals surface area contributed by atoms with Crippen molar-refractivity contribution in [2.45, 2.75) is 38.5 Å². The van der Waals surface area contributed by atoms with E-state index >= 15 is 0 Å². The van der Waals surface area contributed by atoms with Crippen molar-refractivity contribution in [2.24, 2.45) is 11.3 Å². The van der Waals surface area contributed by atoms with Crippen molar-refractivity contribution >= 4 is 11.6 Å². The number of Topliss-reactive ketones (excluding diaryl/α,β-unsaturated/α-hetero) is 1. The van der Waals surface area contributed by atoms with Gasteiger partial charge in [-0.05, 0) is 54.4 Å². The van der Waals surface area contributed by atoms with Crippen molar-refractivity contribution in [1.82, 2.24) is 0 Å². The van der Waals surface area contributed by atoms with E-state index in [0.717, 1.165) is 30.4 Å². The fourth-order valence-corrected chi connectivity index (χ4v) is 5.00. The van der Waals surface area contributed by atoms with E-state index in [1.54, 1.807) is 20.3 Å². The van der Waals surface area contributed by atoms with Crippen LogP contribution < -0.4 is 9.47 Å². The summed E-state index contributed by atoms with van der Waals surface area (Å²) in [6.07, 6.45) is 4.92. The molecule has 1 fully saturated rings. The highest BCUT2D eigenvalue weighted by Crippen LogP contribution is 2.60. The summed E-state index contributed by atoms with van der Waals surface area (Å²) >= 11 is 0. The number of carbonyl (C=O) groups excluding carboxylic acids is 2. The first-order valence-electron chi connectivity index (χ1n) is 8.53. The normalized spacial score (nSPS) is 31.0. The topological polar surface area (TPSA) is 52.6 Å². The molecule has 3 aliphatic rings. The Balaban J connectivity index is 1.84. The van der Waals surface area contributed by atoms with Crippen LogP contribution in [0.3, 0.4) is 0 Å². The molecule has 0 unspecified atom stereocenters. The number of hydrogen-bond acceptors (Lipinski definition) is 4. The summed E-state index contributed by atoms with van der Waals surface area (Å²) in [7, 11) is 3.21. The lowest BCUT2D eigenvalue weighted by molar-refractivity contribution is -0.116. The monoisotopic (exact) mass is 326 g/mol. The lowest BCUT2D eigenvalue weighted by atomic mass is 9.56. The quantitative estimate of drug-likeness (QED) is 0.832. The zero-order chi connectivity index (χ0) is 17.1. The highest BCUT2D eigenvalue weighted by Gasteiger charge is 2.54. The fourth-order valence-electron chi connectivity index (χ4n) is 5.00. The van der Waals surface area contributed by atoms with E-state index in [4.69, 9.17) is 9.47 Å². The third-order valence-corrected chi connectivity index (χ3v) is 6.28. The Kier molecular flexibility index (Phi) is 3.34. The van der Waals surface area contributed by atoms with Crippen LogP contribution in [0.25, 0.3) is 0 Å². The lowest BCUT2D eigenvalue weighted by Gasteiger charge is -2.46. The SMILES string of the molecule is COc1cc2c(cc1OC)[C@H]1CCC3=CC(=O)CC[C@]3(C)[C@H]1C2=O. The van der Waals surface area contributed by atoms with Crippen LogP contribution in [-0.4, -0.2) is 25.8 Å². The predicted octanol–water partition coefficient (Wildman–Crippen LogP) is 3.69. The fraction of sp³-hybridized carbons (Fsp3) is 0.500. The van der Waals surface area contributed by atoms with Crippen molar-refractivity contribution in [1.29, 1.82) is 0 Å². The average Bonchev–Trinajstić information content (AvgIpc) is 2.87. The number of ether oxygens (including phenoxy) is 2. The van der Waals surface area contributed by atoms with Gasteiger partial charge in [-0.2, -0.15) is 0 Å². The molecule has 3 aliphatic carbocycles. The molecule has 0 radical (unpaired) electrons. The summed E-state index contributed by atoms with van der Waals surface area (Å²) in [4.78, 5) is 25.1. The second-order valence-corrected chi connectivity index (χ2v) is 7.33. The van der Waals surface area contributed by atoms with Crippen LogP contribution in [0.5, 0.6) is 11.5 Å². The summed E-state index contributed by atoms with van der Waals surface area (Å²) in [6.45, 7) is 2.17. The molecule has 4 rings (SSSR count). The van der Waals surface area contributed by atoms with Crippen LogP contribution in [0.1, 0.15) is 54.4 Å². The summed E-state index contributed by atoms with van der Waals surface area (Å²) in [5.41, 5.74) is 2.81. The van der Waals surface area contributed by atoms with E-state index in [1.165, 1.54) is 5.57 Å². The molecule has 0 heterocycles. The minimum Gasteiger partial charge on any atom is -0.493 e. The summed E-state index contributed by atoms with van der Waals surface area (Å²) in [5, 5.41) is 0. The molecule has 0 bridgehead atoms. The third kappa shape index (κ3) is 1.92. The molecule has 1 saturated carbocycles. The molecule has 0 amide bonds. The second kappa shape index (κ2) is 5.20. The smallest absolute Gasteiger partial charge is 0.167 e. The largest absolute Gasteiger partial charge is 0.493 e. The van der Waals surface area contributed by atoms with E-state index in [2.05, 4.69) is 6.92 Å². The van der Waals surface area contributed by atoms with Gasteiger partial charge in [-0.1, -0.05) is 12.5 Å². The van der Waals surface area contributed by atoms with Gasteiger partial charge in [0, 0.05) is 17.9 Å². The molecule has 1 aromatic rings. The first-order chi connectivity index (χ1) is 11.5. The molecule has 1 aromatic carbocycles. The van der Waals surface area contributed by atoms with Crippen molar-refractivity contribution in [3.05, 3.63) is 34.9 Å². The van der Waals surface area contributed by atoms with Gasteiger partial charge in [0.1, 0.15) is 0 Å². The number of carbonyl (C=O) groups is 2. The molecule has 126 valence electrons. The molecular weight excluding hydrogens is 304 g/mol. The zero-order valence-electron chi connectivity index (χ0n) is 14.3. The molecule has 0 saturated heterocycles. The van der Waals surface area contributed by atoms with Crippen molar-refractivity contribution in [2.75, 3.05) is 14.2 Å². The molecule has 0 aliphatic heterocycles. The van der Waals surface area contributed by atoms with Crippen LogP contribution >= 0.6 is 0 Å². The van der Waals surface area contributed by atoms with Gasteiger partial charge in [0.25, 0.3) is 0 Å². The van der Waals surface area contributed by atoms with Crippen LogP contribution in [0.2, 0.25) is 0 Å². The summed E-state index contributed by atoms with van der Waals surface area (Å²) < 4.78 is 10.8. The van der Waals surface area contributed by atoms with Crippen molar-refractivity contribution in [3.8, 4) is 11.5 Å². The Labute approximate surface area is 141 Å². The standard InChI is InChI=1S/C20H22O4/c1-20-7-6-12(21)8-11(20)4-5-13-14-9-16(23-2)17(24-3)10-15(14)19(22)18(13)20/h8-10,13,18H,4-7H2,1-3H3/t13-,18-,20+/m1/s1. The first kappa shape index (κ1) is 15.4. The molecule has 0 aromatic heterocycles. The molecule has 24 heavy (non-hydrogen) atoms. The van der Waals surface area contributed by atoms with E-state index < -0.39 is 0 Å². The number of ketones is 2. The van der Waals surface area contributed by atoms with E-state index in [0.29, 0.717) is 17.9 Å². The number of methoxy groups -OCH3 is 2. The van der Waals surface area contributed by atoms with Crippen LogP contribution in [0.4, 0.5) is 0 Å². The van der Waals surface area contributed by atoms with Crippen LogP contribution in [0.15, 0.2) is 23.8 Å². The second-order valence-electron chi connectivity index (χ2n) is 7.33. The average molecular weight is 326 g/mol. The Morgan fingerprint density at radius 1 is 1.08 bits per heavy atom. The van der Waals surface area contributed by atoms with E-state index in [-0.39, 0.29) is 28.8 Å². The van der Waals surface area contributed by atoms with Gasteiger partial charge in [0.05, 0.1) is 14.2 Å². The van der Waals surface area contributed by atoms with Crippen LogP contribution in [0, 0.1) is 11.3 Å². The van der Waals surface area contributed by atoms with Gasteiger partial charge in [-0.3, -0.25) is 9.59 Å². The van der Waals surface area contributed by atoms with Gasteiger partial charge in [0.15, 0.2) is 23.1 Å². The molecular formula is C20H22O4. The predicted molar refractivity (Wildman–Crippen MR) is 89.8 cm³/mol. The molecule has 0 spiro atoms. The highest BCUT2D eigenvalue weighted by atomic mass is 16.5. The summed E-state index contributed by atoms with van der Waals surface area (Å²) in [5.74, 6) is 1.81. The Morgan fingerprint density at radius 3 is 2.50 bits per heavy atom. The molecule has 3 atom stereocenters. The van der Waals surface area contributed by atoms with Crippen LogP contribution in [-0.2, 0) is 4.79 Å². The van der Waals surface area contributed by atoms with Gasteiger partial charge in [0.2, 0.25) is 0 Å². The maximum Gasteiger partial charge on any atom is 0.167 e. The van der Waals surface area contributed by atoms with Gasteiger partial charge in [-0.25, -0.2) is 0 Å². The minimum absolute atomic E-state index is 0.0718. The number of benzene rings is 1. The van der Waals surface area contributed by atoms with Crippen molar-refractivity contribution < 1.29 is 19.1 Å². The maximum absolute atomic E-state index is 13.2. The third-order valence-electron chi connectivity index (χ3n) is 6.28. The minimum atomic E-state index is -0.201. The number of fused-ring (bicyclic) bond motifs is 5. The molecule has 0 N–H and O–H groups in total. The highest BCUT2D eigenvalue weighted by molar-refractivity contribution is 6.05. The van der Waals surface area contributed by atoms with E-state index in [1.807, 2.05) is 12.1 Å². The number of allylic oxidation sites excluding steroid dienone is 2. The van der Waals surface area contributed by atoms with Gasteiger partial charge >= 0.3 is 0 Å². The van der Waals surface area contributed by atoms with Gasteiger partial charge in [-0.15, -0.1) is 0 Å². The Hall–Kier alpha value is -2.10. The zero-order valence-corrected chi connectivity index (χ0v) is 14.3. The Bertz CT molecular complexity index is 776. The van der Waals surface area contributed by atoms with E-state index in [9.17, 15) is 9.59 Å². The lowest BCUT2D eigenvalue weighted by Crippen LogP contribution is -2.41. The first-order valence-corrected chi connectivity index (χ1v) is 8.53. The number of hydrogen-bond donors (Lipinski definition) is 0. The van der Waals surface area contributed by atoms with Gasteiger partial charge < -0.3 is 9.47 Å². The molecule has 4 heteroatoms. The maximum atomic E-state index is 13.2. The molecule has 4 nitrogen and oxygen atoms in total. The summed E-state index contributed by atoms with van der Waals surface area (Å²) in [6, 6.07) is 3.80. The Morgan fingerprint density at radius 2 is 1.79 bits per heavy atom. The number of rotatable bonds is 2. The van der Waals surface area contributed by atoms with Crippen molar-refractivity contribution in [3.63, 3.8) is 0 Å².